The lowest BCUT2D eigenvalue weighted by Crippen LogP contribution is -2.50. The summed E-state index contributed by atoms with van der Waals surface area (Å²) in [5.41, 5.74) is -2.11. The van der Waals surface area contributed by atoms with Crippen LogP contribution < -0.4 is 0 Å². The first-order chi connectivity index (χ1) is 32.8. The minimum Gasteiger partial charge on any atom is -0.462 e. The van der Waals surface area contributed by atoms with Crippen molar-refractivity contribution in [2.45, 2.75) is 116 Å². The third kappa shape index (κ3) is 10.7. The predicted octanol–water partition coefficient (Wildman–Crippen LogP) is 7.42. The van der Waals surface area contributed by atoms with Gasteiger partial charge in [-0.1, -0.05) is 59.6 Å². The van der Waals surface area contributed by atoms with Crippen molar-refractivity contribution in [1.29, 1.82) is 0 Å². The van der Waals surface area contributed by atoms with Crippen LogP contribution in [0.15, 0.2) is 57.5 Å². The molecule has 2 aromatic carbocycles. The average molecular weight is 1140 g/mol. The molecule has 0 radical (unpaired) electrons. The summed E-state index contributed by atoms with van der Waals surface area (Å²) in [6.07, 6.45) is -0.164. The zero-order chi connectivity index (χ0) is 51.2. The zero-order valence-electron chi connectivity index (χ0n) is 40.2. The Morgan fingerprint density at radius 1 is 0.571 bits per heavy atom. The first kappa shape index (κ1) is 54.5. The summed E-state index contributed by atoms with van der Waals surface area (Å²) < 4.78 is 87.3. The molecule has 0 heterocycles. The fourth-order valence-corrected chi connectivity index (χ4v) is 16.5. The van der Waals surface area contributed by atoms with Crippen molar-refractivity contribution >= 4 is 87.2 Å². The SMILES string of the molecule is CO[C@H]1[C@H](COC(=O)c2ccc(Br)cc2)CCC(=O)[C@@H]1OS(=O)(=O)C[C@@]12CC[C@@H](CC1=O)C2(C)C.CO[C@H]1[C@H](COC(=O)c2ccc(Br)cc2)CCC(=O)[C@@H]1OS(=O)(=O)C[C@@]12CC[C@@H](CC1=O)C2(C)C. The lowest BCUT2D eigenvalue weighted by molar-refractivity contribution is -0.143. The van der Waals surface area contributed by atoms with E-state index in [-0.39, 0.29) is 61.0 Å². The normalized spacial score (nSPS) is 32.1. The molecular weight excluding hydrogens is 1080 g/mol. The molecule has 6 aliphatic carbocycles. The van der Waals surface area contributed by atoms with Gasteiger partial charge in [-0.15, -0.1) is 0 Å². The van der Waals surface area contributed by atoms with Gasteiger partial charge >= 0.3 is 11.9 Å². The lowest BCUT2D eigenvalue weighted by atomic mass is 9.70. The first-order valence-corrected chi connectivity index (χ1v) is 28.4. The highest BCUT2D eigenvalue weighted by molar-refractivity contribution is 9.10. The molecule has 0 aliphatic heterocycles. The van der Waals surface area contributed by atoms with Gasteiger partial charge in [-0.25, -0.2) is 9.59 Å². The van der Waals surface area contributed by atoms with Gasteiger partial charge in [0.15, 0.2) is 23.8 Å². The van der Waals surface area contributed by atoms with Gasteiger partial charge in [0, 0.05) is 60.7 Å². The molecule has 70 heavy (non-hydrogen) atoms. The van der Waals surface area contributed by atoms with Crippen LogP contribution in [0, 0.1) is 45.3 Å². The van der Waals surface area contributed by atoms with Crippen LogP contribution >= 0.6 is 31.9 Å². The smallest absolute Gasteiger partial charge is 0.338 e. The molecule has 0 spiro atoms. The van der Waals surface area contributed by atoms with E-state index in [0.717, 1.165) is 21.8 Å². The second-order valence-corrected chi connectivity index (χ2v) is 25.9. The highest BCUT2D eigenvalue weighted by atomic mass is 79.9. The third-order valence-electron chi connectivity index (χ3n) is 16.9. The molecule has 0 unspecified atom stereocenters. The number of Topliss-reactive ketones (excluding diaryl/α,β-unsaturated/α-hetero) is 4. The molecule has 0 saturated heterocycles. The minimum absolute atomic E-state index is 0.0399. The number of methoxy groups -OCH3 is 2. The van der Waals surface area contributed by atoms with E-state index in [4.69, 9.17) is 27.3 Å². The van der Waals surface area contributed by atoms with Crippen LogP contribution in [0.3, 0.4) is 0 Å². The Hall–Kier alpha value is -3.24. The van der Waals surface area contributed by atoms with E-state index in [1.165, 1.54) is 14.2 Å². The Labute approximate surface area is 426 Å². The van der Waals surface area contributed by atoms with E-state index in [1.807, 2.05) is 27.7 Å². The molecule has 384 valence electrons. The fourth-order valence-electron chi connectivity index (χ4n) is 12.2. The molecule has 6 saturated carbocycles. The summed E-state index contributed by atoms with van der Waals surface area (Å²) in [5, 5.41) is 0. The maximum Gasteiger partial charge on any atom is 0.338 e. The van der Waals surface area contributed by atoms with Crippen molar-refractivity contribution in [1.82, 2.24) is 0 Å². The second kappa shape index (κ2) is 20.9. The molecule has 4 bridgehead atoms. The van der Waals surface area contributed by atoms with E-state index < -0.39 is 102 Å². The molecule has 0 aromatic heterocycles. The van der Waals surface area contributed by atoms with Crippen molar-refractivity contribution in [3.8, 4) is 0 Å². The molecule has 2 aromatic rings. The number of fused-ring (bicyclic) bond motifs is 4. The molecule has 0 N–H and O–H groups in total. The largest absolute Gasteiger partial charge is 0.462 e. The highest BCUT2D eigenvalue weighted by Crippen LogP contribution is 2.65. The fraction of sp³-hybridized carbons (Fsp3) is 0.640. The van der Waals surface area contributed by atoms with Gasteiger partial charge in [0.25, 0.3) is 20.2 Å². The molecule has 6 fully saturated rings. The number of carbonyl (C=O) groups is 6. The first-order valence-electron chi connectivity index (χ1n) is 23.7. The maximum atomic E-state index is 13.2. The Bertz CT molecular complexity index is 2400. The summed E-state index contributed by atoms with van der Waals surface area (Å²) in [5.74, 6) is -3.27. The van der Waals surface area contributed by atoms with E-state index >= 15 is 0 Å². The minimum atomic E-state index is -4.22. The summed E-state index contributed by atoms with van der Waals surface area (Å²) in [6, 6.07) is 13.4. The summed E-state index contributed by atoms with van der Waals surface area (Å²) >= 11 is 6.63. The van der Waals surface area contributed by atoms with Crippen LogP contribution in [-0.4, -0.2) is 115 Å². The predicted molar refractivity (Wildman–Crippen MR) is 260 cm³/mol. The van der Waals surface area contributed by atoms with Gasteiger partial charge in [-0.2, -0.15) is 16.8 Å². The van der Waals surface area contributed by atoms with Crippen molar-refractivity contribution in [2.75, 3.05) is 38.9 Å². The van der Waals surface area contributed by atoms with E-state index in [0.29, 0.717) is 49.7 Å². The molecule has 20 heteroatoms. The number of benzene rings is 2. The number of ether oxygens (including phenoxy) is 4. The number of rotatable bonds is 16. The van der Waals surface area contributed by atoms with E-state index in [9.17, 15) is 45.6 Å². The third-order valence-corrected chi connectivity index (χ3v) is 20.6. The molecular formula is C50H62Br2O16S2. The van der Waals surface area contributed by atoms with Gasteiger partial charge in [0.05, 0.1) is 58.9 Å². The molecule has 10 atom stereocenters. The summed E-state index contributed by atoms with van der Waals surface area (Å²) in [4.78, 5) is 75.9. The lowest BCUT2D eigenvalue weighted by Gasteiger charge is -2.38. The van der Waals surface area contributed by atoms with Gasteiger partial charge in [0.2, 0.25) is 0 Å². The number of esters is 2. The molecule has 16 nitrogen and oxygen atoms in total. The second-order valence-electron chi connectivity index (χ2n) is 20.9. The van der Waals surface area contributed by atoms with Gasteiger partial charge in [-0.3, -0.25) is 27.5 Å². The van der Waals surface area contributed by atoms with Crippen LogP contribution in [0.5, 0.6) is 0 Å². The van der Waals surface area contributed by atoms with Crippen LogP contribution in [0.4, 0.5) is 0 Å². The number of hydrogen-bond acceptors (Lipinski definition) is 16. The Morgan fingerprint density at radius 3 is 1.20 bits per heavy atom. The quantitative estimate of drug-likeness (QED) is 0.118. The molecule has 0 amide bonds. The van der Waals surface area contributed by atoms with Crippen LogP contribution in [0.2, 0.25) is 0 Å². The molecule has 8 rings (SSSR count). The zero-order valence-corrected chi connectivity index (χ0v) is 45.0. The average Bonchev–Trinajstić information content (AvgIpc) is 3.83. The van der Waals surface area contributed by atoms with Crippen molar-refractivity contribution in [2.24, 2.45) is 45.3 Å². The van der Waals surface area contributed by atoms with Crippen molar-refractivity contribution < 1.29 is 72.9 Å². The number of halogens is 2. The Balaban J connectivity index is 0.000000206. The maximum absolute atomic E-state index is 13.2. The van der Waals surface area contributed by atoms with Gasteiger partial charge in [0.1, 0.15) is 11.6 Å². The standard InChI is InChI=1S/2C25H31BrO8S/c2*1-24(2)17-10-11-25(24,20(28)12-17)14-35(30,31)34-22-19(27)9-6-16(21(22)32-3)13-33-23(29)15-4-7-18(26)8-5-15/h2*4-5,7-8,16-17,21-22H,6,9-14H2,1-3H3/t2*16-,17-,21-,22-,25-/m00/s1. The van der Waals surface area contributed by atoms with Crippen LogP contribution in [0.25, 0.3) is 0 Å². The van der Waals surface area contributed by atoms with Gasteiger partial charge < -0.3 is 18.9 Å². The van der Waals surface area contributed by atoms with Gasteiger partial charge in [-0.05, 0) is 110 Å². The number of ketones is 4. The van der Waals surface area contributed by atoms with E-state index in [2.05, 4.69) is 31.9 Å². The molecule has 6 aliphatic rings. The summed E-state index contributed by atoms with van der Waals surface area (Å²) in [6.45, 7) is 7.71. The van der Waals surface area contributed by atoms with Crippen LogP contribution in [-0.2, 0) is 66.7 Å². The van der Waals surface area contributed by atoms with E-state index in [1.54, 1.807) is 48.5 Å². The van der Waals surface area contributed by atoms with Crippen molar-refractivity contribution in [3.63, 3.8) is 0 Å². The Morgan fingerprint density at radius 2 is 0.914 bits per heavy atom. The van der Waals surface area contributed by atoms with Crippen molar-refractivity contribution in [3.05, 3.63) is 68.6 Å². The van der Waals surface area contributed by atoms with Crippen LogP contribution in [0.1, 0.15) is 113 Å². The number of hydrogen-bond donors (Lipinski definition) is 0. The number of carbonyl (C=O) groups excluding carboxylic acids is 6. The topological polar surface area (TPSA) is 226 Å². The Kier molecular flexibility index (Phi) is 16.3. The monoisotopic (exact) mass is 1140 g/mol. The highest BCUT2D eigenvalue weighted by Gasteiger charge is 2.67. The summed E-state index contributed by atoms with van der Waals surface area (Å²) in [7, 11) is -5.70.